The summed E-state index contributed by atoms with van der Waals surface area (Å²) in [5, 5.41) is 19.0. The van der Waals surface area contributed by atoms with Crippen molar-refractivity contribution in [3.05, 3.63) is 0 Å². The molecule has 1 saturated heterocycles. The molecule has 2 fully saturated rings. The summed E-state index contributed by atoms with van der Waals surface area (Å²) in [5.41, 5.74) is -0.171. The highest BCUT2D eigenvalue weighted by molar-refractivity contribution is 5.05. The Balaban J connectivity index is 2.16. The number of rotatable bonds is 3. The van der Waals surface area contributed by atoms with Crippen molar-refractivity contribution in [2.24, 2.45) is 5.41 Å². The zero-order valence-electron chi connectivity index (χ0n) is 9.56. The molecule has 1 heterocycles. The van der Waals surface area contributed by atoms with Gasteiger partial charge in [-0.1, -0.05) is 0 Å². The number of hydrogen-bond acceptors (Lipinski definition) is 4. The Kier molecular flexibility index (Phi) is 2.58. The maximum Gasteiger partial charge on any atom is 0.163 e. The monoisotopic (exact) mass is 216 g/mol. The average Bonchev–Trinajstić information content (AvgIpc) is 2.86. The first-order chi connectivity index (χ1) is 6.90. The minimum absolute atomic E-state index is 0.111. The zero-order chi connectivity index (χ0) is 11.3. The van der Waals surface area contributed by atoms with Crippen molar-refractivity contribution in [3.63, 3.8) is 0 Å². The smallest absolute Gasteiger partial charge is 0.163 e. The Morgan fingerprint density at radius 1 is 1.33 bits per heavy atom. The Hall–Kier alpha value is -0.160. The quantitative estimate of drug-likeness (QED) is 0.727. The molecule has 0 radical (unpaired) electrons. The fraction of sp³-hybridized carbons (Fsp3) is 1.00. The topological polar surface area (TPSA) is 58.9 Å². The van der Waals surface area contributed by atoms with Gasteiger partial charge in [-0.3, -0.25) is 0 Å². The van der Waals surface area contributed by atoms with Gasteiger partial charge in [-0.05, 0) is 33.6 Å². The standard InChI is InChI=1S/C11H20O4/c1-7(13)8-9(11(6-12)4-5-11)15-10(2,3)14-8/h7-9,12-13H,4-6H2,1-3H3/t7?,8-,9-/m0/s1. The molecule has 0 aromatic heterocycles. The maximum absolute atomic E-state index is 9.65. The van der Waals surface area contributed by atoms with Gasteiger partial charge in [-0.15, -0.1) is 0 Å². The van der Waals surface area contributed by atoms with Crippen LogP contribution in [0.2, 0.25) is 0 Å². The van der Waals surface area contributed by atoms with Crippen LogP contribution in [0.5, 0.6) is 0 Å². The van der Waals surface area contributed by atoms with Crippen LogP contribution in [0.25, 0.3) is 0 Å². The zero-order valence-corrected chi connectivity index (χ0v) is 9.56. The Bertz CT molecular complexity index is 245. The molecule has 0 amide bonds. The molecule has 88 valence electrons. The first kappa shape index (κ1) is 11.3. The van der Waals surface area contributed by atoms with Crippen molar-refractivity contribution in [2.75, 3.05) is 6.61 Å². The minimum atomic E-state index is -0.656. The van der Waals surface area contributed by atoms with E-state index in [2.05, 4.69) is 0 Å². The van der Waals surface area contributed by atoms with E-state index in [1.54, 1.807) is 6.92 Å². The van der Waals surface area contributed by atoms with Crippen LogP contribution in [-0.2, 0) is 9.47 Å². The number of hydrogen-bond donors (Lipinski definition) is 2. The second-order valence-electron chi connectivity index (χ2n) is 5.28. The van der Waals surface area contributed by atoms with Gasteiger partial charge in [0.05, 0.1) is 18.8 Å². The Morgan fingerprint density at radius 3 is 2.33 bits per heavy atom. The second-order valence-corrected chi connectivity index (χ2v) is 5.28. The van der Waals surface area contributed by atoms with Crippen molar-refractivity contribution in [1.29, 1.82) is 0 Å². The van der Waals surface area contributed by atoms with Crippen LogP contribution < -0.4 is 0 Å². The molecule has 4 nitrogen and oxygen atoms in total. The predicted octanol–water partition coefficient (Wildman–Crippen LogP) is 0.660. The third-order valence-electron chi connectivity index (χ3n) is 3.42. The van der Waals surface area contributed by atoms with Gasteiger partial charge >= 0.3 is 0 Å². The van der Waals surface area contributed by atoms with Crippen LogP contribution in [0.1, 0.15) is 33.6 Å². The molecule has 4 heteroatoms. The molecular formula is C11H20O4. The van der Waals surface area contributed by atoms with E-state index in [0.29, 0.717) is 0 Å². The summed E-state index contributed by atoms with van der Waals surface area (Å²) in [6.45, 7) is 5.50. The lowest BCUT2D eigenvalue weighted by atomic mass is 9.93. The summed E-state index contributed by atoms with van der Waals surface area (Å²) in [7, 11) is 0. The molecular weight excluding hydrogens is 196 g/mol. The summed E-state index contributed by atoms with van der Waals surface area (Å²) in [5.74, 6) is -0.656. The van der Waals surface area contributed by atoms with E-state index in [1.807, 2.05) is 13.8 Å². The van der Waals surface area contributed by atoms with E-state index in [4.69, 9.17) is 9.47 Å². The van der Waals surface area contributed by atoms with Gasteiger partial charge < -0.3 is 19.7 Å². The molecule has 0 aromatic carbocycles. The highest BCUT2D eigenvalue weighted by atomic mass is 16.8. The van der Waals surface area contributed by atoms with Gasteiger partial charge in [0.25, 0.3) is 0 Å². The van der Waals surface area contributed by atoms with Gasteiger partial charge in [-0.25, -0.2) is 0 Å². The van der Waals surface area contributed by atoms with Crippen molar-refractivity contribution < 1.29 is 19.7 Å². The SMILES string of the molecule is CC(O)[C@@H]1OC(C)(C)O[C@@H]1C1(CO)CC1. The van der Waals surface area contributed by atoms with E-state index in [0.717, 1.165) is 12.8 Å². The number of aliphatic hydroxyl groups excluding tert-OH is 2. The van der Waals surface area contributed by atoms with Crippen LogP contribution in [-0.4, -0.2) is 40.9 Å². The Morgan fingerprint density at radius 2 is 1.93 bits per heavy atom. The fourth-order valence-electron chi connectivity index (χ4n) is 2.31. The van der Waals surface area contributed by atoms with Crippen LogP contribution in [0.3, 0.4) is 0 Å². The maximum atomic E-state index is 9.65. The molecule has 1 aliphatic carbocycles. The van der Waals surface area contributed by atoms with E-state index >= 15 is 0 Å². The molecule has 1 unspecified atom stereocenters. The predicted molar refractivity (Wildman–Crippen MR) is 54.3 cm³/mol. The van der Waals surface area contributed by atoms with E-state index in [1.165, 1.54) is 0 Å². The summed E-state index contributed by atoms with van der Waals surface area (Å²) >= 11 is 0. The lowest BCUT2D eigenvalue weighted by molar-refractivity contribution is -0.158. The molecule has 2 rings (SSSR count). The van der Waals surface area contributed by atoms with Crippen molar-refractivity contribution >= 4 is 0 Å². The molecule has 2 aliphatic rings. The molecule has 15 heavy (non-hydrogen) atoms. The molecule has 3 atom stereocenters. The van der Waals surface area contributed by atoms with Gasteiger partial charge in [-0.2, -0.15) is 0 Å². The van der Waals surface area contributed by atoms with Gasteiger partial charge in [0.1, 0.15) is 6.10 Å². The molecule has 2 N–H and O–H groups in total. The summed E-state index contributed by atoms with van der Waals surface area (Å²) in [4.78, 5) is 0. The van der Waals surface area contributed by atoms with E-state index in [9.17, 15) is 10.2 Å². The van der Waals surface area contributed by atoms with Gasteiger partial charge in [0.2, 0.25) is 0 Å². The number of ether oxygens (including phenoxy) is 2. The van der Waals surface area contributed by atoms with Crippen molar-refractivity contribution in [1.82, 2.24) is 0 Å². The van der Waals surface area contributed by atoms with Gasteiger partial charge in [0, 0.05) is 5.41 Å². The molecule has 1 saturated carbocycles. The largest absolute Gasteiger partial charge is 0.396 e. The van der Waals surface area contributed by atoms with Crippen molar-refractivity contribution in [3.8, 4) is 0 Å². The van der Waals surface area contributed by atoms with E-state index < -0.39 is 11.9 Å². The molecule has 0 spiro atoms. The summed E-state index contributed by atoms with van der Waals surface area (Å²) in [6.07, 6.45) is 0.834. The second kappa shape index (κ2) is 3.42. The highest BCUT2D eigenvalue weighted by Crippen LogP contribution is 2.54. The Labute approximate surface area is 90.2 Å². The normalized spacial score (nSPS) is 39.0. The minimum Gasteiger partial charge on any atom is -0.396 e. The van der Waals surface area contributed by atoms with Gasteiger partial charge in [0.15, 0.2) is 5.79 Å². The summed E-state index contributed by atoms with van der Waals surface area (Å²) < 4.78 is 11.5. The van der Waals surface area contributed by atoms with E-state index in [-0.39, 0.29) is 24.2 Å². The first-order valence-electron chi connectivity index (χ1n) is 5.55. The van der Waals surface area contributed by atoms with Crippen molar-refractivity contribution in [2.45, 2.75) is 57.7 Å². The van der Waals surface area contributed by atoms with Crippen LogP contribution in [0.4, 0.5) is 0 Å². The van der Waals surface area contributed by atoms with Crippen LogP contribution in [0, 0.1) is 5.41 Å². The van der Waals surface area contributed by atoms with Crippen LogP contribution in [0.15, 0.2) is 0 Å². The number of aliphatic hydroxyl groups is 2. The molecule has 0 bridgehead atoms. The summed E-state index contributed by atoms with van der Waals surface area (Å²) in [6, 6.07) is 0. The highest BCUT2D eigenvalue weighted by Gasteiger charge is 2.59. The third kappa shape index (κ3) is 1.91. The third-order valence-corrected chi connectivity index (χ3v) is 3.42. The average molecular weight is 216 g/mol. The lowest BCUT2D eigenvalue weighted by Gasteiger charge is -2.25. The fourth-order valence-corrected chi connectivity index (χ4v) is 2.31. The molecule has 1 aliphatic heterocycles. The van der Waals surface area contributed by atoms with Crippen LogP contribution >= 0.6 is 0 Å². The molecule has 0 aromatic rings. The first-order valence-corrected chi connectivity index (χ1v) is 5.55. The lowest BCUT2D eigenvalue weighted by Crippen LogP contribution is -2.40.